The molecule has 1 aliphatic heterocycles. The van der Waals surface area contributed by atoms with E-state index in [9.17, 15) is 0 Å². The van der Waals surface area contributed by atoms with Gasteiger partial charge in [0.1, 0.15) is 12.2 Å². The summed E-state index contributed by atoms with van der Waals surface area (Å²) >= 11 is 0. The predicted molar refractivity (Wildman–Crippen MR) is 104 cm³/mol. The van der Waals surface area contributed by atoms with Crippen LogP contribution in [0.25, 0.3) is 11.1 Å². The van der Waals surface area contributed by atoms with Gasteiger partial charge in [-0.05, 0) is 25.5 Å². The summed E-state index contributed by atoms with van der Waals surface area (Å²) in [5.74, 6) is 0.471. The van der Waals surface area contributed by atoms with E-state index in [1.165, 1.54) is 11.9 Å². The Labute approximate surface area is 152 Å². The van der Waals surface area contributed by atoms with Crippen molar-refractivity contribution in [3.8, 4) is 11.1 Å². The Morgan fingerprint density at radius 1 is 0.808 bits per heavy atom. The van der Waals surface area contributed by atoms with E-state index in [1.807, 2.05) is 25.1 Å². The zero-order chi connectivity index (χ0) is 18.1. The molecule has 1 aromatic heterocycles. The molecule has 1 atom stereocenters. The van der Waals surface area contributed by atoms with Crippen LogP contribution in [0.4, 0.5) is 0 Å². The van der Waals surface area contributed by atoms with Gasteiger partial charge in [-0.1, -0.05) is 48.0 Å². The molecule has 0 radical (unpaired) electrons. The number of nitrogens with zero attached hydrogens (tertiary/aromatic N) is 4. The summed E-state index contributed by atoms with van der Waals surface area (Å²) < 4.78 is 0. The lowest BCUT2D eigenvalue weighted by atomic mass is 9.90. The van der Waals surface area contributed by atoms with Crippen molar-refractivity contribution in [2.75, 3.05) is 0 Å². The monoisotopic (exact) mass is 341 g/mol. The molecule has 2 heterocycles. The molecule has 2 N–H and O–H groups in total. The number of amidine groups is 1. The van der Waals surface area contributed by atoms with Gasteiger partial charge in [-0.25, -0.2) is 20.0 Å². The highest BCUT2D eigenvalue weighted by atomic mass is 15.2. The third-order valence-corrected chi connectivity index (χ3v) is 4.60. The second-order valence-corrected chi connectivity index (χ2v) is 6.44. The van der Waals surface area contributed by atoms with Crippen LogP contribution in [0.3, 0.4) is 0 Å². The first-order valence-electron chi connectivity index (χ1n) is 8.44. The first-order chi connectivity index (χ1) is 12.6. The van der Waals surface area contributed by atoms with Crippen molar-refractivity contribution in [3.63, 3.8) is 0 Å². The molecular formula is C21H19N5. The summed E-state index contributed by atoms with van der Waals surface area (Å²) in [4.78, 5) is 17.9. The number of nitrogens with two attached hydrogens (primary N) is 1. The molecule has 0 spiro atoms. The summed E-state index contributed by atoms with van der Waals surface area (Å²) in [5, 5.41) is 0. The van der Waals surface area contributed by atoms with E-state index in [1.54, 1.807) is 12.4 Å². The zero-order valence-electron chi connectivity index (χ0n) is 14.7. The Kier molecular flexibility index (Phi) is 3.84. The van der Waals surface area contributed by atoms with Crippen LogP contribution in [0.5, 0.6) is 0 Å². The SMILES string of the molecule is CC1=N[C@](c2ccc(C)cc2)(c2cccc(-c3cncnc3)c2)N=C1N. The van der Waals surface area contributed by atoms with Crippen LogP contribution >= 0.6 is 0 Å². The van der Waals surface area contributed by atoms with E-state index < -0.39 is 5.66 Å². The number of aromatic nitrogens is 2. The number of hydrogen-bond donors (Lipinski definition) is 1. The highest BCUT2D eigenvalue weighted by Gasteiger charge is 2.38. The van der Waals surface area contributed by atoms with E-state index in [4.69, 9.17) is 15.7 Å². The van der Waals surface area contributed by atoms with Crippen molar-refractivity contribution >= 4 is 11.5 Å². The molecule has 4 rings (SSSR count). The Morgan fingerprint density at radius 3 is 2.19 bits per heavy atom. The zero-order valence-corrected chi connectivity index (χ0v) is 14.7. The lowest BCUT2D eigenvalue weighted by molar-refractivity contribution is 0.588. The summed E-state index contributed by atoms with van der Waals surface area (Å²) in [5.41, 5.74) is 11.1. The molecule has 5 nitrogen and oxygen atoms in total. The maximum Gasteiger partial charge on any atom is 0.204 e. The molecule has 0 bridgehead atoms. The summed E-state index contributed by atoms with van der Waals surface area (Å²) in [6.45, 7) is 3.96. The molecule has 0 unspecified atom stereocenters. The molecule has 2 aromatic carbocycles. The minimum absolute atomic E-state index is 0.471. The molecule has 1 aliphatic rings. The van der Waals surface area contributed by atoms with E-state index in [0.29, 0.717) is 5.84 Å². The minimum atomic E-state index is -0.854. The largest absolute Gasteiger partial charge is 0.382 e. The molecule has 3 aromatic rings. The van der Waals surface area contributed by atoms with Crippen molar-refractivity contribution in [2.45, 2.75) is 19.5 Å². The van der Waals surface area contributed by atoms with Crippen LogP contribution in [0, 0.1) is 6.92 Å². The third-order valence-electron chi connectivity index (χ3n) is 4.60. The maximum absolute atomic E-state index is 6.11. The normalized spacial score (nSPS) is 19.2. The fourth-order valence-electron chi connectivity index (χ4n) is 3.15. The number of aliphatic imine (C=N–C) groups is 2. The highest BCUT2D eigenvalue weighted by Crippen LogP contribution is 2.39. The average Bonchev–Trinajstić information content (AvgIpc) is 2.99. The van der Waals surface area contributed by atoms with E-state index in [-0.39, 0.29) is 0 Å². The van der Waals surface area contributed by atoms with Gasteiger partial charge in [0.2, 0.25) is 5.66 Å². The summed E-state index contributed by atoms with van der Waals surface area (Å²) in [6, 6.07) is 16.4. The predicted octanol–water partition coefficient (Wildman–Crippen LogP) is 3.48. The van der Waals surface area contributed by atoms with Gasteiger partial charge in [0.15, 0.2) is 0 Å². The van der Waals surface area contributed by atoms with Gasteiger partial charge in [0.25, 0.3) is 0 Å². The van der Waals surface area contributed by atoms with Crippen LogP contribution in [-0.4, -0.2) is 21.5 Å². The van der Waals surface area contributed by atoms with Crippen molar-refractivity contribution in [3.05, 3.63) is 83.9 Å². The van der Waals surface area contributed by atoms with Gasteiger partial charge < -0.3 is 5.73 Å². The van der Waals surface area contributed by atoms with Crippen molar-refractivity contribution in [1.29, 1.82) is 0 Å². The Hall–Kier alpha value is -3.34. The van der Waals surface area contributed by atoms with Gasteiger partial charge in [-0.2, -0.15) is 0 Å². The van der Waals surface area contributed by atoms with Crippen molar-refractivity contribution in [1.82, 2.24) is 9.97 Å². The molecule has 0 saturated heterocycles. The minimum Gasteiger partial charge on any atom is -0.382 e. The van der Waals surface area contributed by atoms with Crippen molar-refractivity contribution in [2.24, 2.45) is 15.7 Å². The molecule has 0 amide bonds. The Morgan fingerprint density at radius 2 is 1.54 bits per heavy atom. The van der Waals surface area contributed by atoms with Gasteiger partial charge >= 0.3 is 0 Å². The quantitative estimate of drug-likeness (QED) is 0.792. The smallest absolute Gasteiger partial charge is 0.204 e. The van der Waals surface area contributed by atoms with E-state index >= 15 is 0 Å². The number of aryl methyl sites for hydroxylation is 1. The molecule has 0 saturated carbocycles. The standard InChI is InChI=1S/C21H19N5/c1-14-6-8-18(9-7-14)21(25-15(2)20(22)26-21)19-5-3-4-16(10-19)17-11-23-13-24-12-17/h3-13H,1-2H3,(H2,22,26)/t21-/m0/s1. The average molecular weight is 341 g/mol. The van der Waals surface area contributed by atoms with Crippen LogP contribution in [-0.2, 0) is 5.66 Å². The summed E-state index contributed by atoms with van der Waals surface area (Å²) in [7, 11) is 0. The highest BCUT2D eigenvalue weighted by molar-refractivity contribution is 6.41. The fourth-order valence-corrected chi connectivity index (χ4v) is 3.15. The molecule has 5 heteroatoms. The van der Waals surface area contributed by atoms with Crippen LogP contribution < -0.4 is 5.73 Å². The topological polar surface area (TPSA) is 76.5 Å². The van der Waals surface area contributed by atoms with Gasteiger partial charge in [0.05, 0.1) is 5.71 Å². The number of hydrogen-bond acceptors (Lipinski definition) is 5. The molecule has 26 heavy (non-hydrogen) atoms. The Bertz CT molecular complexity index is 986. The van der Waals surface area contributed by atoms with Gasteiger partial charge in [-0.15, -0.1) is 0 Å². The second kappa shape index (κ2) is 6.19. The van der Waals surface area contributed by atoms with E-state index in [0.717, 1.165) is 28.0 Å². The molecule has 128 valence electrons. The fraction of sp³-hybridized carbons (Fsp3) is 0.143. The lowest BCUT2D eigenvalue weighted by Gasteiger charge is -2.25. The Balaban J connectivity index is 1.91. The second-order valence-electron chi connectivity index (χ2n) is 6.44. The first-order valence-corrected chi connectivity index (χ1v) is 8.44. The van der Waals surface area contributed by atoms with Crippen molar-refractivity contribution < 1.29 is 0 Å². The number of benzene rings is 2. The van der Waals surface area contributed by atoms with Crippen LogP contribution in [0.1, 0.15) is 23.6 Å². The van der Waals surface area contributed by atoms with Crippen LogP contribution in [0.15, 0.2) is 77.2 Å². The third kappa shape index (κ3) is 2.67. The van der Waals surface area contributed by atoms with Gasteiger partial charge in [0, 0.05) is 29.1 Å². The lowest BCUT2D eigenvalue weighted by Crippen LogP contribution is -2.22. The maximum atomic E-state index is 6.11. The molecular weight excluding hydrogens is 322 g/mol. The molecule has 0 aliphatic carbocycles. The van der Waals surface area contributed by atoms with Gasteiger partial charge in [-0.3, -0.25) is 0 Å². The summed E-state index contributed by atoms with van der Waals surface area (Å²) in [6.07, 6.45) is 5.12. The molecule has 0 fully saturated rings. The first kappa shape index (κ1) is 16.1. The number of rotatable bonds is 3. The van der Waals surface area contributed by atoms with E-state index in [2.05, 4.69) is 47.2 Å². The van der Waals surface area contributed by atoms with Crippen LogP contribution in [0.2, 0.25) is 0 Å².